The number of carbonyl (C=O) groups is 1. The summed E-state index contributed by atoms with van der Waals surface area (Å²) in [6.07, 6.45) is 3.23. The lowest BCUT2D eigenvalue weighted by Crippen LogP contribution is -2.41. The molecule has 0 aliphatic carbocycles. The number of likely N-dealkylation sites (tertiary alicyclic amines) is 1. The van der Waals surface area contributed by atoms with E-state index in [0.29, 0.717) is 24.6 Å². The predicted octanol–water partition coefficient (Wildman–Crippen LogP) is 2.39. The Bertz CT molecular complexity index is 965. The Morgan fingerprint density at radius 2 is 2.04 bits per heavy atom. The number of aromatic nitrogens is 5. The van der Waals surface area contributed by atoms with Crippen LogP contribution in [0.4, 0.5) is 8.78 Å². The van der Waals surface area contributed by atoms with Crippen molar-refractivity contribution in [2.75, 3.05) is 13.1 Å². The Morgan fingerprint density at radius 3 is 2.74 bits per heavy atom. The molecule has 3 aromatic rings. The molecule has 27 heavy (non-hydrogen) atoms. The normalized spacial score (nSPS) is 17.3. The number of benzene rings is 1. The number of aryl methyl sites for hydroxylation is 1. The lowest BCUT2D eigenvalue weighted by molar-refractivity contribution is 0.0671. The molecule has 1 aliphatic rings. The fraction of sp³-hybridized carbons (Fsp3) is 0.353. The Labute approximate surface area is 152 Å². The van der Waals surface area contributed by atoms with Crippen molar-refractivity contribution in [2.45, 2.75) is 25.8 Å². The van der Waals surface area contributed by atoms with Gasteiger partial charge in [0.25, 0.3) is 11.8 Å². The molecule has 140 valence electrons. The van der Waals surface area contributed by atoms with Crippen LogP contribution in [0.1, 0.15) is 35.1 Å². The average molecular weight is 374 g/mol. The first-order valence-electron chi connectivity index (χ1n) is 8.47. The monoisotopic (exact) mass is 374 g/mol. The SMILES string of the molecule is Cc1noc(-c2cn([C@@H]3CCCN(C(=O)c4cc(F)cc(F)c4)C3)nn2)n1. The van der Waals surface area contributed by atoms with Crippen LogP contribution in [0.3, 0.4) is 0 Å². The summed E-state index contributed by atoms with van der Waals surface area (Å²) in [6.45, 7) is 2.58. The van der Waals surface area contributed by atoms with Crippen molar-refractivity contribution in [3.63, 3.8) is 0 Å². The largest absolute Gasteiger partial charge is 0.336 e. The predicted molar refractivity (Wildman–Crippen MR) is 88.6 cm³/mol. The van der Waals surface area contributed by atoms with Crippen molar-refractivity contribution >= 4 is 5.91 Å². The number of hydrogen-bond acceptors (Lipinski definition) is 6. The lowest BCUT2D eigenvalue weighted by atomic mass is 10.0. The molecular weight excluding hydrogens is 358 g/mol. The van der Waals surface area contributed by atoms with Crippen molar-refractivity contribution in [2.24, 2.45) is 0 Å². The maximum atomic E-state index is 13.4. The van der Waals surface area contributed by atoms with Crippen molar-refractivity contribution in [1.82, 2.24) is 30.0 Å². The second kappa shape index (κ2) is 6.86. The van der Waals surface area contributed by atoms with Crippen LogP contribution >= 0.6 is 0 Å². The zero-order valence-electron chi connectivity index (χ0n) is 14.5. The second-order valence-electron chi connectivity index (χ2n) is 6.44. The van der Waals surface area contributed by atoms with Crippen LogP contribution in [0.15, 0.2) is 28.9 Å². The van der Waals surface area contributed by atoms with Gasteiger partial charge in [-0.3, -0.25) is 4.79 Å². The van der Waals surface area contributed by atoms with Gasteiger partial charge in [0, 0.05) is 24.7 Å². The van der Waals surface area contributed by atoms with Gasteiger partial charge in [0.2, 0.25) is 0 Å². The molecular formula is C17H16F2N6O2. The van der Waals surface area contributed by atoms with Crippen LogP contribution in [-0.4, -0.2) is 49.0 Å². The van der Waals surface area contributed by atoms with Crippen molar-refractivity contribution in [3.8, 4) is 11.6 Å². The van der Waals surface area contributed by atoms with Crippen molar-refractivity contribution < 1.29 is 18.1 Å². The summed E-state index contributed by atoms with van der Waals surface area (Å²) in [5.41, 5.74) is 0.444. The van der Waals surface area contributed by atoms with Gasteiger partial charge in [0.1, 0.15) is 11.6 Å². The van der Waals surface area contributed by atoms with E-state index < -0.39 is 17.5 Å². The number of rotatable bonds is 3. The maximum absolute atomic E-state index is 13.4. The molecule has 0 saturated carbocycles. The van der Waals surface area contributed by atoms with E-state index in [-0.39, 0.29) is 17.5 Å². The lowest BCUT2D eigenvalue weighted by Gasteiger charge is -2.32. The van der Waals surface area contributed by atoms with E-state index in [9.17, 15) is 13.6 Å². The summed E-state index contributed by atoms with van der Waals surface area (Å²) in [7, 11) is 0. The standard InChI is InChI=1S/C17H16F2N6O2/c1-10-20-16(27-22-10)15-9-25(23-21-15)14-3-2-4-24(8-14)17(26)11-5-12(18)7-13(19)6-11/h5-7,9,14H,2-4,8H2,1H3/t14-/m1/s1. The first-order chi connectivity index (χ1) is 13.0. The summed E-state index contributed by atoms with van der Waals surface area (Å²) in [6, 6.07) is 2.72. The van der Waals surface area contributed by atoms with Gasteiger partial charge in [-0.15, -0.1) is 5.10 Å². The first kappa shape index (κ1) is 17.3. The molecule has 0 bridgehead atoms. The van der Waals surface area contributed by atoms with Gasteiger partial charge in [-0.1, -0.05) is 10.4 Å². The topological polar surface area (TPSA) is 89.9 Å². The highest BCUT2D eigenvalue weighted by Gasteiger charge is 2.27. The van der Waals surface area contributed by atoms with Crippen LogP contribution in [0.2, 0.25) is 0 Å². The van der Waals surface area contributed by atoms with E-state index >= 15 is 0 Å². The quantitative estimate of drug-likeness (QED) is 0.699. The molecule has 0 spiro atoms. The molecule has 1 aromatic carbocycles. The zero-order chi connectivity index (χ0) is 19.0. The Hall–Kier alpha value is -3.17. The third-order valence-electron chi connectivity index (χ3n) is 4.42. The van der Waals surface area contributed by atoms with E-state index in [1.165, 1.54) is 0 Å². The summed E-state index contributed by atoms with van der Waals surface area (Å²) in [5.74, 6) is -1.19. The van der Waals surface area contributed by atoms with E-state index in [4.69, 9.17) is 4.52 Å². The third-order valence-corrected chi connectivity index (χ3v) is 4.42. The molecule has 1 aliphatic heterocycles. The molecule has 3 heterocycles. The van der Waals surface area contributed by atoms with Gasteiger partial charge >= 0.3 is 0 Å². The minimum absolute atomic E-state index is 0.00577. The molecule has 4 rings (SSSR count). The van der Waals surface area contributed by atoms with Gasteiger partial charge in [-0.05, 0) is 31.9 Å². The maximum Gasteiger partial charge on any atom is 0.280 e. The van der Waals surface area contributed by atoms with Crippen LogP contribution in [0.5, 0.6) is 0 Å². The third kappa shape index (κ3) is 3.55. The highest BCUT2D eigenvalue weighted by molar-refractivity contribution is 5.94. The Morgan fingerprint density at radius 1 is 1.26 bits per heavy atom. The second-order valence-corrected chi connectivity index (χ2v) is 6.44. The molecule has 10 heteroatoms. The average Bonchev–Trinajstić information content (AvgIpc) is 3.29. The van der Waals surface area contributed by atoms with E-state index in [1.54, 1.807) is 22.7 Å². The number of halogens is 2. The molecule has 1 fully saturated rings. The molecule has 0 unspecified atom stereocenters. The van der Waals surface area contributed by atoms with E-state index in [2.05, 4.69) is 20.5 Å². The number of hydrogen-bond donors (Lipinski definition) is 0. The van der Waals surface area contributed by atoms with Crippen LogP contribution in [0, 0.1) is 18.6 Å². The van der Waals surface area contributed by atoms with Gasteiger partial charge in [0.05, 0.1) is 12.2 Å². The Balaban J connectivity index is 1.51. The number of carbonyl (C=O) groups excluding carboxylic acids is 1. The molecule has 1 saturated heterocycles. The molecule has 1 atom stereocenters. The molecule has 1 amide bonds. The highest BCUT2D eigenvalue weighted by atomic mass is 19.1. The molecule has 8 nitrogen and oxygen atoms in total. The van der Waals surface area contributed by atoms with E-state index in [0.717, 1.165) is 31.0 Å². The minimum atomic E-state index is -0.775. The van der Waals surface area contributed by atoms with Gasteiger partial charge in [-0.2, -0.15) is 4.98 Å². The Kier molecular flexibility index (Phi) is 4.38. The number of piperidine rings is 1. The molecule has 0 radical (unpaired) electrons. The zero-order valence-corrected chi connectivity index (χ0v) is 14.5. The van der Waals surface area contributed by atoms with Crippen LogP contribution in [0.25, 0.3) is 11.6 Å². The molecule has 2 aromatic heterocycles. The highest BCUT2D eigenvalue weighted by Crippen LogP contribution is 2.24. The smallest absolute Gasteiger partial charge is 0.280 e. The van der Waals surface area contributed by atoms with Gasteiger partial charge in [0.15, 0.2) is 11.5 Å². The summed E-state index contributed by atoms with van der Waals surface area (Å²) in [5, 5.41) is 11.9. The summed E-state index contributed by atoms with van der Waals surface area (Å²) in [4.78, 5) is 18.3. The fourth-order valence-corrected chi connectivity index (χ4v) is 3.17. The summed E-state index contributed by atoms with van der Waals surface area (Å²) >= 11 is 0. The number of amides is 1. The fourth-order valence-electron chi connectivity index (χ4n) is 3.17. The number of nitrogens with zero attached hydrogens (tertiary/aromatic N) is 6. The van der Waals surface area contributed by atoms with Crippen LogP contribution < -0.4 is 0 Å². The minimum Gasteiger partial charge on any atom is -0.336 e. The molecule has 0 N–H and O–H groups in total. The van der Waals surface area contributed by atoms with Gasteiger partial charge in [-0.25, -0.2) is 13.5 Å². The first-order valence-corrected chi connectivity index (χ1v) is 8.47. The van der Waals surface area contributed by atoms with Crippen molar-refractivity contribution in [1.29, 1.82) is 0 Å². The van der Waals surface area contributed by atoms with Gasteiger partial charge < -0.3 is 9.42 Å². The van der Waals surface area contributed by atoms with E-state index in [1.807, 2.05) is 0 Å². The van der Waals surface area contributed by atoms with Crippen molar-refractivity contribution in [3.05, 3.63) is 47.4 Å². The summed E-state index contributed by atoms with van der Waals surface area (Å²) < 4.78 is 33.6. The van der Waals surface area contributed by atoms with Crippen LogP contribution in [-0.2, 0) is 0 Å².